The van der Waals surface area contributed by atoms with Gasteiger partial charge in [-0.05, 0) is 24.3 Å². The Balaban J connectivity index is 1.80. The van der Waals surface area contributed by atoms with Gasteiger partial charge < -0.3 is 15.2 Å². The van der Waals surface area contributed by atoms with Gasteiger partial charge in [-0.3, -0.25) is 25.0 Å². The van der Waals surface area contributed by atoms with Gasteiger partial charge in [-0.1, -0.05) is 18.2 Å². The predicted octanol–water partition coefficient (Wildman–Crippen LogP) is 3.68. The normalized spacial score (nSPS) is 10.2. The number of carbonyl (C=O) groups is 2. The summed E-state index contributed by atoms with van der Waals surface area (Å²) in [7, 11) is 0. The third-order valence-corrected chi connectivity index (χ3v) is 4.02. The molecule has 0 aliphatic carbocycles. The van der Waals surface area contributed by atoms with Crippen LogP contribution in [0.1, 0.15) is 20.7 Å². The summed E-state index contributed by atoms with van der Waals surface area (Å²) in [5.41, 5.74) is -1.68. The largest absolute Gasteiger partial charge is 0.507 e. The zero-order valence-corrected chi connectivity index (χ0v) is 15.6. The lowest BCUT2D eigenvalue weighted by atomic mass is 10.1. The van der Waals surface area contributed by atoms with Crippen molar-refractivity contribution in [3.63, 3.8) is 0 Å². The Kier molecular flexibility index (Phi) is 5.87. The number of anilines is 1. The second kappa shape index (κ2) is 8.69. The van der Waals surface area contributed by atoms with E-state index in [2.05, 4.69) is 5.32 Å². The molecule has 0 aromatic heterocycles. The number of phenolic OH excluding ortho intramolecular Hbond substituents is 1. The van der Waals surface area contributed by atoms with Crippen LogP contribution in [0.25, 0.3) is 0 Å². The molecule has 0 aliphatic rings. The zero-order chi connectivity index (χ0) is 22.5. The molecule has 31 heavy (non-hydrogen) atoms. The van der Waals surface area contributed by atoms with Crippen LogP contribution in [0.3, 0.4) is 0 Å². The molecule has 0 atom stereocenters. The summed E-state index contributed by atoms with van der Waals surface area (Å²) in [4.78, 5) is 44.8. The highest BCUT2D eigenvalue weighted by Gasteiger charge is 2.21. The van der Waals surface area contributed by atoms with E-state index >= 15 is 0 Å². The first-order valence-corrected chi connectivity index (χ1v) is 8.60. The number of hydrogen-bond donors (Lipinski definition) is 2. The van der Waals surface area contributed by atoms with E-state index in [1.165, 1.54) is 12.1 Å². The standard InChI is InChI=1S/C20H13N3O8/c24-18-10-13(6-7-17(18)20(26)31-16-4-2-1-3-5-16)21-19(25)12-8-14(22(27)28)11-15(9-12)23(29)30/h1-11,24H,(H,21,25). The van der Waals surface area contributed by atoms with Gasteiger partial charge in [-0.2, -0.15) is 0 Å². The SMILES string of the molecule is O=C(Nc1ccc(C(=O)Oc2ccccc2)c(O)c1)c1cc([N+](=O)[O-])cc([N+](=O)[O-])c1. The van der Waals surface area contributed by atoms with Gasteiger partial charge in [0, 0.05) is 23.9 Å². The Morgan fingerprint density at radius 3 is 2.03 bits per heavy atom. The third kappa shape index (κ3) is 4.98. The summed E-state index contributed by atoms with van der Waals surface area (Å²) < 4.78 is 5.13. The van der Waals surface area contributed by atoms with E-state index in [1.807, 2.05) is 0 Å². The van der Waals surface area contributed by atoms with E-state index in [-0.39, 0.29) is 22.6 Å². The maximum absolute atomic E-state index is 12.4. The first kappa shape index (κ1) is 20.9. The van der Waals surface area contributed by atoms with Crippen LogP contribution >= 0.6 is 0 Å². The van der Waals surface area contributed by atoms with Crippen LogP contribution in [0.2, 0.25) is 0 Å². The van der Waals surface area contributed by atoms with Gasteiger partial charge in [0.25, 0.3) is 17.3 Å². The van der Waals surface area contributed by atoms with E-state index in [4.69, 9.17) is 4.74 Å². The van der Waals surface area contributed by atoms with Crippen LogP contribution in [0.15, 0.2) is 66.7 Å². The Morgan fingerprint density at radius 1 is 0.871 bits per heavy atom. The number of phenols is 1. The van der Waals surface area contributed by atoms with Gasteiger partial charge in [-0.25, -0.2) is 4.79 Å². The van der Waals surface area contributed by atoms with E-state index in [0.717, 1.165) is 24.3 Å². The molecule has 0 saturated carbocycles. The molecule has 1 amide bonds. The lowest BCUT2D eigenvalue weighted by Gasteiger charge is -2.09. The van der Waals surface area contributed by atoms with Crippen molar-refractivity contribution in [3.05, 3.63) is 98.1 Å². The van der Waals surface area contributed by atoms with Gasteiger partial charge in [0.15, 0.2) is 0 Å². The number of benzene rings is 3. The van der Waals surface area contributed by atoms with E-state index < -0.39 is 38.8 Å². The summed E-state index contributed by atoms with van der Waals surface area (Å²) in [6.07, 6.45) is 0. The van der Waals surface area contributed by atoms with Crippen LogP contribution in [-0.2, 0) is 0 Å². The molecule has 0 saturated heterocycles. The topological polar surface area (TPSA) is 162 Å². The van der Waals surface area contributed by atoms with Crippen molar-refractivity contribution in [1.29, 1.82) is 0 Å². The number of hydrogen-bond acceptors (Lipinski definition) is 8. The maximum atomic E-state index is 12.4. The number of non-ortho nitro benzene ring substituents is 2. The molecule has 0 fully saturated rings. The van der Waals surface area contributed by atoms with Gasteiger partial charge in [0.2, 0.25) is 0 Å². The quantitative estimate of drug-likeness (QED) is 0.262. The van der Waals surface area contributed by atoms with Crippen molar-refractivity contribution >= 4 is 28.9 Å². The van der Waals surface area contributed by atoms with Crippen molar-refractivity contribution < 1.29 is 29.3 Å². The van der Waals surface area contributed by atoms with Crippen molar-refractivity contribution in [3.8, 4) is 11.5 Å². The molecule has 0 unspecified atom stereocenters. The first-order valence-electron chi connectivity index (χ1n) is 8.60. The van der Waals surface area contributed by atoms with Gasteiger partial charge >= 0.3 is 5.97 Å². The number of nitro groups is 2. The fraction of sp³-hybridized carbons (Fsp3) is 0. The average molecular weight is 423 g/mol. The molecule has 0 spiro atoms. The van der Waals surface area contributed by atoms with Crippen molar-refractivity contribution in [1.82, 2.24) is 0 Å². The highest BCUT2D eigenvalue weighted by atomic mass is 16.6. The molecule has 156 valence electrons. The van der Waals surface area contributed by atoms with Crippen LogP contribution in [0.4, 0.5) is 17.1 Å². The number of nitro benzene ring substituents is 2. The lowest BCUT2D eigenvalue weighted by molar-refractivity contribution is -0.394. The first-order chi connectivity index (χ1) is 14.7. The highest BCUT2D eigenvalue weighted by molar-refractivity contribution is 6.05. The summed E-state index contributed by atoms with van der Waals surface area (Å²) in [6, 6.07) is 14.3. The molecular weight excluding hydrogens is 410 g/mol. The second-order valence-corrected chi connectivity index (χ2v) is 6.14. The fourth-order valence-corrected chi connectivity index (χ4v) is 2.57. The van der Waals surface area contributed by atoms with E-state index in [9.17, 15) is 34.9 Å². The molecule has 0 radical (unpaired) electrons. The van der Waals surface area contributed by atoms with Crippen molar-refractivity contribution in [2.24, 2.45) is 0 Å². The fourth-order valence-electron chi connectivity index (χ4n) is 2.57. The number of esters is 1. The number of para-hydroxylation sites is 1. The third-order valence-electron chi connectivity index (χ3n) is 4.02. The summed E-state index contributed by atoms with van der Waals surface area (Å²) in [6.45, 7) is 0. The number of rotatable bonds is 6. The molecule has 3 rings (SSSR count). The van der Waals surface area contributed by atoms with E-state index in [1.54, 1.807) is 30.3 Å². The minimum atomic E-state index is -0.884. The summed E-state index contributed by atoms with van der Waals surface area (Å²) in [5.74, 6) is -1.91. The molecule has 0 aliphatic heterocycles. The molecular formula is C20H13N3O8. The van der Waals surface area contributed by atoms with Crippen molar-refractivity contribution in [2.45, 2.75) is 0 Å². The smallest absolute Gasteiger partial charge is 0.347 e. The van der Waals surface area contributed by atoms with E-state index in [0.29, 0.717) is 0 Å². The number of carbonyl (C=O) groups excluding carboxylic acids is 2. The molecule has 0 heterocycles. The van der Waals surface area contributed by atoms with Crippen LogP contribution in [0.5, 0.6) is 11.5 Å². The Bertz CT molecular complexity index is 1160. The minimum Gasteiger partial charge on any atom is -0.507 e. The molecule has 2 N–H and O–H groups in total. The van der Waals surface area contributed by atoms with Crippen LogP contribution in [0, 0.1) is 20.2 Å². The number of ether oxygens (including phenoxy) is 1. The monoisotopic (exact) mass is 423 g/mol. The minimum absolute atomic E-state index is 0.0490. The molecule has 3 aromatic rings. The molecule has 3 aromatic carbocycles. The number of nitrogens with one attached hydrogen (secondary N) is 1. The molecule has 11 heteroatoms. The van der Waals surface area contributed by atoms with Crippen molar-refractivity contribution in [2.75, 3.05) is 5.32 Å². The lowest BCUT2D eigenvalue weighted by Crippen LogP contribution is -2.13. The van der Waals surface area contributed by atoms with Gasteiger partial charge in [0.1, 0.15) is 17.1 Å². The summed E-state index contributed by atoms with van der Waals surface area (Å²) in [5, 5.41) is 34.4. The Morgan fingerprint density at radius 2 is 1.48 bits per heavy atom. The predicted molar refractivity (Wildman–Crippen MR) is 107 cm³/mol. The highest BCUT2D eigenvalue weighted by Crippen LogP contribution is 2.26. The number of amides is 1. The summed E-state index contributed by atoms with van der Waals surface area (Å²) >= 11 is 0. The number of nitrogens with zero attached hydrogens (tertiary/aromatic N) is 2. The van der Waals surface area contributed by atoms with Crippen LogP contribution in [-0.4, -0.2) is 26.8 Å². The zero-order valence-electron chi connectivity index (χ0n) is 15.6. The average Bonchev–Trinajstić information content (AvgIpc) is 2.74. The van der Waals surface area contributed by atoms with Gasteiger partial charge in [0.05, 0.1) is 21.5 Å². The molecule has 0 bridgehead atoms. The molecule has 11 nitrogen and oxygen atoms in total. The van der Waals surface area contributed by atoms with Gasteiger partial charge in [-0.15, -0.1) is 0 Å². The van der Waals surface area contributed by atoms with Crippen LogP contribution < -0.4 is 10.1 Å². The maximum Gasteiger partial charge on any atom is 0.347 e. The Hall–Kier alpha value is -4.80. The number of aromatic hydroxyl groups is 1. The second-order valence-electron chi connectivity index (χ2n) is 6.14. The Labute approximate surface area is 173 Å².